The molecule has 2 aromatic rings. The predicted octanol–water partition coefficient (Wildman–Crippen LogP) is 6.56. The molecule has 11 heteroatoms. The third-order valence-electron chi connectivity index (χ3n) is 5.61. The van der Waals surface area contributed by atoms with Crippen molar-refractivity contribution in [1.29, 1.82) is 0 Å². The number of oxime groups is 1. The van der Waals surface area contributed by atoms with Gasteiger partial charge in [-0.2, -0.15) is 26.3 Å². The molecule has 0 bridgehead atoms. The van der Waals surface area contributed by atoms with E-state index in [1.54, 1.807) is 26.0 Å². The lowest BCUT2D eigenvalue weighted by atomic mass is 9.85. The second-order valence-electron chi connectivity index (χ2n) is 8.41. The minimum atomic E-state index is -5.09. The van der Waals surface area contributed by atoms with E-state index >= 15 is 0 Å². The summed E-state index contributed by atoms with van der Waals surface area (Å²) in [6.07, 6.45) is -10.7. The number of hydrogen-bond donors (Lipinski definition) is 1. The molecule has 0 radical (unpaired) electrons. The van der Waals surface area contributed by atoms with Crippen molar-refractivity contribution in [3.63, 3.8) is 0 Å². The van der Waals surface area contributed by atoms with Gasteiger partial charge in [0.1, 0.15) is 5.78 Å². The zero-order chi connectivity index (χ0) is 25.5. The fraction of sp³-hybridized carbons (Fsp3) is 0.391. The number of alkyl halides is 6. The van der Waals surface area contributed by atoms with E-state index in [0.717, 1.165) is 6.07 Å². The Kier molecular flexibility index (Phi) is 7.06. The molecule has 0 fully saturated rings. The molecule has 0 saturated carbocycles. The molecule has 2 N–H and O–H groups in total. The molecule has 4 nitrogen and oxygen atoms in total. The first-order valence-electron chi connectivity index (χ1n) is 10.2. The number of rotatable bonds is 6. The molecule has 0 saturated heterocycles. The van der Waals surface area contributed by atoms with E-state index in [4.69, 9.17) is 22.2 Å². The normalized spacial score (nSPS) is 19.7. The van der Waals surface area contributed by atoms with Crippen LogP contribution in [0.4, 0.5) is 26.3 Å². The second-order valence-corrected chi connectivity index (χ2v) is 8.85. The minimum absolute atomic E-state index is 0.0279. The first-order valence-corrected chi connectivity index (χ1v) is 10.6. The van der Waals surface area contributed by atoms with Gasteiger partial charge in [-0.05, 0) is 29.3 Å². The van der Waals surface area contributed by atoms with Crippen molar-refractivity contribution >= 4 is 23.1 Å². The third-order valence-corrected chi connectivity index (χ3v) is 5.83. The molecule has 1 aliphatic heterocycles. The number of carbonyl (C=O) groups is 1. The summed E-state index contributed by atoms with van der Waals surface area (Å²) in [4.78, 5) is 16.7. The number of nitrogens with two attached hydrogens (primary N) is 1. The van der Waals surface area contributed by atoms with Gasteiger partial charge in [0.25, 0.3) is 5.60 Å². The van der Waals surface area contributed by atoms with Crippen LogP contribution in [0.2, 0.25) is 5.02 Å². The van der Waals surface area contributed by atoms with Crippen LogP contribution in [-0.2, 0) is 21.4 Å². The Balaban J connectivity index is 1.90. The number of ketones is 1. The average molecular weight is 507 g/mol. The van der Waals surface area contributed by atoms with E-state index in [9.17, 15) is 31.1 Å². The molecule has 0 amide bonds. The van der Waals surface area contributed by atoms with Crippen molar-refractivity contribution in [3.8, 4) is 0 Å². The monoisotopic (exact) mass is 506 g/mol. The Labute approximate surface area is 196 Å². The quantitative estimate of drug-likeness (QED) is 0.451. The van der Waals surface area contributed by atoms with E-state index in [-0.39, 0.29) is 29.4 Å². The van der Waals surface area contributed by atoms with E-state index in [1.165, 1.54) is 12.1 Å². The molecule has 2 aromatic carbocycles. The lowest BCUT2D eigenvalue weighted by Crippen LogP contribution is -2.42. The minimum Gasteiger partial charge on any atom is -0.374 e. The summed E-state index contributed by atoms with van der Waals surface area (Å²) in [7, 11) is 0. The molecular weight excluding hydrogens is 486 g/mol. The SMILES string of the molecule is CC(C)C(=O)CC(N)c1ccc(C2=NOC(c3cc(Cl)cc(C(F)(F)F)c3)(C(F)(F)F)C2)cc1. The van der Waals surface area contributed by atoms with Crippen molar-refractivity contribution in [2.45, 2.75) is 50.7 Å². The first-order chi connectivity index (χ1) is 15.6. The van der Waals surface area contributed by atoms with E-state index in [0.29, 0.717) is 17.7 Å². The van der Waals surface area contributed by atoms with Crippen LogP contribution in [0.15, 0.2) is 47.6 Å². The van der Waals surface area contributed by atoms with Crippen molar-refractivity contribution in [2.24, 2.45) is 16.8 Å². The van der Waals surface area contributed by atoms with Gasteiger partial charge in [-0.15, -0.1) is 0 Å². The predicted molar refractivity (Wildman–Crippen MR) is 114 cm³/mol. The highest BCUT2D eigenvalue weighted by atomic mass is 35.5. The number of Topliss-reactive ketones (excluding diaryl/α,β-unsaturated/α-hetero) is 1. The molecule has 0 aliphatic carbocycles. The zero-order valence-corrected chi connectivity index (χ0v) is 18.9. The number of halogens is 7. The Hall–Kier alpha value is -2.59. The van der Waals surface area contributed by atoms with Gasteiger partial charge in [-0.1, -0.05) is 54.9 Å². The molecular formula is C23H21ClF6N2O2. The van der Waals surface area contributed by atoms with Gasteiger partial charge in [0, 0.05) is 35.4 Å². The average Bonchev–Trinajstić information content (AvgIpc) is 3.19. The van der Waals surface area contributed by atoms with E-state index in [1.807, 2.05) is 0 Å². The highest BCUT2D eigenvalue weighted by Crippen LogP contribution is 2.50. The van der Waals surface area contributed by atoms with Gasteiger partial charge >= 0.3 is 12.4 Å². The molecule has 0 aromatic heterocycles. The molecule has 0 spiro atoms. The summed E-state index contributed by atoms with van der Waals surface area (Å²) < 4.78 is 82.0. The maximum Gasteiger partial charge on any atom is 0.435 e. The van der Waals surface area contributed by atoms with Crippen molar-refractivity contribution < 1.29 is 36.0 Å². The molecule has 1 aliphatic rings. The van der Waals surface area contributed by atoms with Crippen LogP contribution in [-0.4, -0.2) is 17.7 Å². The van der Waals surface area contributed by atoms with Crippen LogP contribution in [0.25, 0.3) is 0 Å². The number of nitrogens with zero attached hydrogens (tertiary/aromatic N) is 1. The fourth-order valence-corrected chi connectivity index (χ4v) is 3.77. The topological polar surface area (TPSA) is 64.7 Å². The smallest absolute Gasteiger partial charge is 0.374 e. The molecule has 184 valence electrons. The summed E-state index contributed by atoms with van der Waals surface area (Å²) in [5.41, 5.74) is 1.55. The van der Waals surface area contributed by atoms with Crippen molar-refractivity contribution in [3.05, 3.63) is 69.7 Å². The van der Waals surface area contributed by atoms with Crippen LogP contribution >= 0.6 is 11.6 Å². The molecule has 2 atom stereocenters. The van der Waals surface area contributed by atoms with Gasteiger partial charge < -0.3 is 10.6 Å². The maximum absolute atomic E-state index is 14.1. The molecule has 2 unspecified atom stereocenters. The summed E-state index contributed by atoms with van der Waals surface area (Å²) >= 11 is 5.71. The van der Waals surface area contributed by atoms with Crippen molar-refractivity contribution in [2.75, 3.05) is 0 Å². The molecule has 34 heavy (non-hydrogen) atoms. The van der Waals surface area contributed by atoms with Gasteiger partial charge in [-0.3, -0.25) is 4.79 Å². The van der Waals surface area contributed by atoms with Gasteiger partial charge in [0.2, 0.25) is 0 Å². The molecule has 3 rings (SSSR count). The van der Waals surface area contributed by atoms with Crippen LogP contribution in [0.3, 0.4) is 0 Å². The van der Waals surface area contributed by atoms with Crippen LogP contribution in [0.1, 0.15) is 55.0 Å². The van der Waals surface area contributed by atoms with Gasteiger partial charge in [0.15, 0.2) is 0 Å². The van der Waals surface area contributed by atoms with Crippen LogP contribution in [0.5, 0.6) is 0 Å². The van der Waals surface area contributed by atoms with Crippen molar-refractivity contribution in [1.82, 2.24) is 0 Å². The van der Waals surface area contributed by atoms with Gasteiger partial charge in [-0.25, -0.2) is 0 Å². The standard InChI is InChI=1S/C23H21ClF6N2O2/c1-12(2)20(33)10-18(31)13-3-5-14(6-4-13)19-11-21(34-32-19,23(28,29)30)15-7-16(22(25,26)27)9-17(24)8-15/h3-9,12,18H,10-11,31H2,1-2H3. The third kappa shape index (κ3) is 5.22. The Bertz CT molecular complexity index is 1100. The highest BCUT2D eigenvalue weighted by Gasteiger charge is 2.62. The Morgan fingerprint density at radius 2 is 1.74 bits per heavy atom. The second kappa shape index (κ2) is 9.22. The summed E-state index contributed by atoms with van der Waals surface area (Å²) in [5.74, 6) is -0.213. The Morgan fingerprint density at radius 3 is 2.26 bits per heavy atom. The lowest BCUT2D eigenvalue weighted by molar-refractivity contribution is -0.276. The maximum atomic E-state index is 14.1. The zero-order valence-electron chi connectivity index (χ0n) is 18.1. The fourth-order valence-electron chi connectivity index (χ4n) is 3.54. The summed E-state index contributed by atoms with van der Waals surface area (Å²) in [6.45, 7) is 3.50. The summed E-state index contributed by atoms with van der Waals surface area (Å²) in [6, 6.07) is 7.17. The van der Waals surface area contributed by atoms with E-state index in [2.05, 4.69) is 5.16 Å². The Morgan fingerprint density at radius 1 is 1.12 bits per heavy atom. The highest BCUT2D eigenvalue weighted by molar-refractivity contribution is 6.30. The summed E-state index contributed by atoms with van der Waals surface area (Å²) in [5, 5.41) is 3.04. The van der Waals surface area contributed by atoms with Crippen LogP contribution in [0, 0.1) is 5.92 Å². The number of benzene rings is 2. The molecule has 1 heterocycles. The van der Waals surface area contributed by atoms with Crippen LogP contribution < -0.4 is 5.73 Å². The largest absolute Gasteiger partial charge is 0.435 e. The lowest BCUT2D eigenvalue weighted by Gasteiger charge is -2.30. The van der Waals surface area contributed by atoms with E-state index < -0.39 is 46.6 Å². The first kappa shape index (κ1) is 26.0. The van der Waals surface area contributed by atoms with Gasteiger partial charge in [0.05, 0.1) is 11.3 Å². The number of hydrogen-bond acceptors (Lipinski definition) is 4. The number of carbonyl (C=O) groups excluding carboxylic acids is 1.